The summed E-state index contributed by atoms with van der Waals surface area (Å²) < 4.78 is 80.3. The van der Waals surface area contributed by atoms with Gasteiger partial charge in [0.25, 0.3) is 0 Å². The van der Waals surface area contributed by atoms with Crippen LogP contribution in [0.1, 0.15) is 66.5 Å². The lowest BCUT2D eigenvalue weighted by Gasteiger charge is -2.48. The van der Waals surface area contributed by atoms with Crippen molar-refractivity contribution in [1.82, 2.24) is 0 Å². The lowest BCUT2D eigenvalue weighted by Crippen LogP contribution is -2.62. The van der Waals surface area contributed by atoms with Crippen molar-refractivity contribution in [2.24, 2.45) is 5.92 Å². The second-order valence-corrected chi connectivity index (χ2v) is 21.8. The van der Waals surface area contributed by atoms with Crippen LogP contribution in [0.5, 0.6) is 0 Å². The quantitative estimate of drug-likeness (QED) is 0.0530. The van der Waals surface area contributed by atoms with Gasteiger partial charge in [-0.1, -0.05) is 182 Å². The van der Waals surface area contributed by atoms with E-state index in [0.29, 0.717) is 26.1 Å². The van der Waals surface area contributed by atoms with Gasteiger partial charge >= 0.3 is 0 Å². The third-order valence-electron chi connectivity index (χ3n) is 15.5. The number of ether oxygens (including phenoxy) is 12. The monoisotopic (exact) mass is 1090 g/mol. The molecule has 10 rings (SSSR count). The van der Waals surface area contributed by atoms with E-state index in [1.807, 2.05) is 196 Å². The molecule has 0 saturated carbocycles. The average molecular weight is 1100 g/mol. The lowest BCUT2D eigenvalue weighted by molar-refractivity contribution is -0.287. The van der Waals surface area contributed by atoms with Crippen molar-refractivity contribution in [3.8, 4) is 0 Å². The molecule has 6 aromatic carbocycles. The van der Waals surface area contributed by atoms with Gasteiger partial charge in [0.15, 0.2) is 12.1 Å². The Kier molecular flexibility index (Phi) is 20.8. The Morgan fingerprint density at radius 1 is 0.388 bits per heavy atom. The fourth-order valence-corrected chi connectivity index (χ4v) is 11.5. The second kappa shape index (κ2) is 28.6. The zero-order valence-electron chi connectivity index (χ0n) is 46.1. The summed E-state index contributed by atoms with van der Waals surface area (Å²) in [5.74, 6) is -1.46. The van der Waals surface area contributed by atoms with Gasteiger partial charge in [-0.05, 0) is 66.5 Å². The standard InChI is InChI=1S/C66H78O14/c1-66(2)79-59-51(36-54-58(68)64(75-42-50-32-20-9-21-33-50)61(73-40-48-28-16-7-17-29-48)56(77-54)44-71-38-46-24-12-5-13-25-46)65(69-3)78-53(62(59)80-66)35-34-52-57(67)63(74-41-49-30-18-8-19-31-49)60(72-39-47-26-14-6-15-27-47)55(76-52)43-70-37-45-22-10-4-11-23-45/h4-33,51-65,67-68H,34-44H2,1-3H3/t51?,52-,53?,54-,55?,56?,57?,58?,59?,60+,61+,62-,63?,64?,65+/m0/s1. The molecule has 0 aromatic heterocycles. The normalized spacial score (nSPS) is 30.2. The third kappa shape index (κ3) is 15.4. The van der Waals surface area contributed by atoms with Crippen LogP contribution >= 0.6 is 0 Å². The topological polar surface area (TPSA) is 151 Å². The number of aliphatic hydroxyl groups is 2. The summed E-state index contributed by atoms with van der Waals surface area (Å²) in [4.78, 5) is 0. The molecule has 0 bridgehead atoms. The highest BCUT2D eigenvalue weighted by atomic mass is 16.8. The van der Waals surface area contributed by atoms with Crippen molar-refractivity contribution in [2.75, 3.05) is 20.3 Å². The van der Waals surface area contributed by atoms with Crippen LogP contribution in [0.25, 0.3) is 0 Å². The molecule has 4 saturated heterocycles. The Labute approximate surface area is 471 Å². The summed E-state index contributed by atoms with van der Waals surface area (Å²) in [6.07, 6.45) is -9.32. The van der Waals surface area contributed by atoms with Gasteiger partial charge in [-0.15, -0.1) is 0 Å². The molecule has 80 heavy (non-hydrogen) atoms. The molecule has 0 spiro atoms. The summed E-state index contributed by atoms with van der Waals surface area (Å²) in [7, 11) is 1.62. The minimum absolute atomic E-state index is 0.172. The Morgan fingerprint density at radius 3 is 1.12 bits per heavy atom. The Morgan fingerprint density at radius 2 is 0.725 bits per heavy atom. The fourth-order valence-electron chi connectivity index (χ4n) is 11.5. The smallest absolute Gasteiger partial charge is 0.163 e. The highest BCUT2D eigenvalue weighted by Crippen LogP contribution is 2.45. The third-order valence-corrected chi connectivity index (χ3v) is 15.5. The van der Waals surface area contributed by atoms with Crippen molar-refractivity contribution >= 4 is 0 Å². The van der Waals surface area contributed by atoms with E-state index in [9.17, 15) is 10.2 Å². The fraction of sp³-hybridized carbons (Fsp3) is 0.455. The summed E-state index contributed by atoms with van der Waals surface area (Å²) in [5.41, 5.74) is 5.93. The molecule has 4 fully saturated rings. The maximum atomic E-state index is 12.6. The maximum absolute atomic E-state index is 12.6. The zero-order chi connectivity index (χ0) is 55.1. The van der Waals surface area contributed by atoms with Gasteiger partial charge in [-0.3, -0.25) is 0 Å². The second-order valence-electron chi connectivity index (χ2n) is 21.8. The molecule has 4 heterocycles. The minimum Gasteiger partial charge on any atom is -0.388 e. The Bertz CT molecular complexity index is 2690. The molecule has 15 atom stereocenters. The van der Waals surface area contributed by atoms with E-state index in [4.69, 9.17) is 56.8 Å². The number of benzene rings is 6. The van der Waals surface area contributed by atoms with Gasteiger partial charge in [0, 0.05) is 13.0 Å². The Balaban J connectivity index is 0.879. The largest absolute Gasteiger partial charge is 0.388 e. The van der Waals surface area contributed by atoms with E-state index < -0.39 is 97.3 Å². The van der Waals surface area contributed by atoms with Crippen LogP contribution in [0.4, 0.5) is 0 Å². The van der Waals surface area contributed by atoms with Gasteiger partial charge in [0.2, 0.25) is 0 Å². The summed E-state index contributed by atoms with van der Waals surface area (Å²) in [5, 5.41) is 25.1. The summed E-state index contributed by atoms with van der Waals surface area (Å²) in [6, 6.07) is 59.7. The molecule has 0 aliphatic carbocycles. The highest BCUT2D eigenvalue weighted by Gasteiger charge is 2.58. The molecule has 14 heteroatoms. The molecule has 0 amide bonds. The number of aliphatic hydroxyl groups excluding tert-OH is 2. The van der Waals surface area contributed by atoms with Crippen molar-refractivity contribution in [3.05, 3.63) is 215 Å². The van der Waals surface area contributed by atoms with Crippen LogP contribution in [0.15, 0.2) is 182 Å². The van der Waals surface area contributed by atoms with Gasteiger partial charge in [0.05, 0.1) is 77.3 Å². The van der Waals surface area contributed by atoms with E-state index in [2.05, 4.69) is 0 Å². The number of methoxy groups -OCH3 is 1. The van der Waals surface area contributed by atoms with Crippen molar-refractivity contribution < 1.29 is 67.1 Å². The maximum Gasteiger partial charge on any atom is 0.163 e. The predicted molar refractivity (Wildman–Crippen MR) is 298 cm³/mol. The van der Waals surface area contributed by atoms with Crippen LogP contribution in [0.3, 0.4) is 0 Å². The first-order chi connectivity index (χ1) is 39.2. The zero-order valence-corrected chi connectivity index (χ0v) is 46.1. The summed E-state index contributed by atoms with van der Waals surface area (Å²) in [6.45, 7) is 5.95. The molecular weight excluding hydrogens is 1020 g/mol. The molecule has 4 aliphatic heterocycles. The van der Waals surface area contributed by atoms with Crippen LogP contribution in [0.2, 0.25) is 0 Å². The minimum atomic E-state index is -1.14. The van der Waals surface area contributed by atoms with Gasteiger partial charge in [0.1, 0.15) is 54.9 Å². The van der Waals surface area contributed by atoms with Crippen molar-refractivity contribution in [2.45, 2.75) is 164 Å². The van der Waals surface area contributed by atoms with Crippen LogP contribution in [-0.4, -0.2) is 122 Å². The number of hydrogen-bond acceptors (Lipinski definition) is 14. The number of fused-ring (bicyclic) bond motifs is 1. The molecule has 0 radical (unpaired) electrons. The van der Waals surface area contributed by atoms with Crippen LogP contribution < -0.4 is 0 Å². The number of rotatable bonds is 26. The van der Waals surface area contributed by atoms with Crippen LogP contribution in [0, 0.1) is 5.92 Å². The SMILES string of the molecule is CO[C@@H]1OC(CC[C@@H]2OC(COCc3ccccc3)[C@@H](OCc3ccccc3)C(OCc3ccccc3)C2O)[C@@H]2OC(C)(C)OC2C1C[C@@H]1OC(COCc2ccccc2)[C@@H](OCc2ccccc2)C(OCc2ccccc2)C1O. The first-order valence-corrected chi connectivity index (χ1v) is 28.2. The Hall–Kier alpha value is -5.24. The molecular formula is C66H78O14. The lowest BCUT2D eigenvalue weighted by atomic mass is 9.81. The molecule has 2 N–H and O–H groups in total. The molecule has 6 aromatic rings. The van der Waals surface area contributed by atoms with Crippen molar-refractivity contribution in [1.29, 1.82) is 0 Å². The molecule has 4 aliphatic rings. The molecule has 9 unspecified atom stereocenters. The molecule has 14 nitrogen and oxygen atoms in total. The number of hydrogen-bond donors (Lipinski definition) is 2. The first-order valence-electron chi connectivity index (χ1n) is 28.2. The average Bonchev–Trinajstić information content (AvgIpc) is 3.86. The summed E-state index contributed by atoms with van der Waals surface area (Å²) >= 11 is 0. The van der Waals surface area contributed by atoms with Gasteiger partial charge in [-0.2, -0.15) is 0 Å². The first kappa shape index (κ1) is 58.0. The van der Waals surface area contributed by atoms with E-state index in [-0.39, 0.29) is 46.1 Å². The highest BCUT2D eigenvalue weighted by molar-refractivity contribution is 5.18. The van der Waals surface area contributed by atoms with E-state index in [1.54, 1.807) is 7.11 Å². The van der Waals surface area contributed by atoms with E-state index in [1.165, 1.54) is 0 Å². The van der Waals surface area contributed by atoms with Crippen molar-refractivity contribution in [3.63, 3.8) is 0 Å². The van der Waals surface area contributed by atoms with Crippen LogP contribution in [-0.2, 0) is 96.5 Å². The van der Waals surface area contributed by atoms with E-state index >= 15 is 0 Å². The molecule has 426 valence electrons. The predicted octanol–water partition coefficient (Wildman–Crippen LogP) is 9.70. The van der Waals surface area contributed by atoms with Gasteiger partial charge < -0.3 is 67.1 Å². The van der Waals surface area contributed by atoms with Gasteiger partial charge in [-0.25, -0.2) is 0 Å². The van der Waals surface area contributed by atoms with E-state index in [0.717, 1.165) is 33.4 Å².